The molecule has 0 unspecified atom stereocenters. The quantitative estimate of drug-likeness (QED) is 0.638. The number of carbonyl (C=O) groups is 2. The molecule has 7 heteroatoms. The molecule has 0 radical (unpaired) electrons. The first-order valence-electron chi connectivity index (χ1n) is 13.4. The van der Waals surface area contributed by atoms with E-state index in [1.54, 1.807) is 13.0 Å². The molecule has 1 saturated heterocycles. The van der Waals surface area contributed by atoms with Crippen LogP contribution in [0, 0.1) is 34.5 Å². The van der Waals surface area contributed by atoms with E-state index < -0.39 is 46.6 Å². The Bertz CT molecular complexity index is 1010. The molecule has 5 aliphatic carbocycles. The Hall–Kier alpha value is -1.44. The van der Waals surface area contributed by atoms with Crippen molar-refractivity contribution in [2.45, 2.75) is 82.6 Å². The fourth-order valence-electron chi connectivity index (χ4n) is 9.52. The molecule has 6 rings (SSSR count). The van der Waals surface area contributed by atoms with E-state index in [0.717, 1.165) is 25.0 Å². The maximum absolute atomic E-state index is 17.3. The Morgan fingerprint density at radius 3 is 2.69 bits per heavy atom. The van der Waals surface area contributed by atoms with Gasteiger partial charge in [-0.2, -0.15) is 5.06 Å². The molecule has 0 bridgehead atoms. The van der Waals surface area contributed by atoms with E-state index in [2.05, 4.69) is 0 Å². The zero-order chi connectivity index (χ0) is 24.8. The van der Waals surface area contributed by atoms with Gasteiger partial charge in [0.15, 0.2) is 29.5 Å². The molecule has 192 valence electrons. The molecule has 1 aliphatic heterocycles. The summed E-state index contributed by atoms with van der Waals surface area (Å²) in [6.07, 6.45) is 9.62. The van der Waals surface area contributed by atoms with Crippen LogP contribution in [0.5, 0.6) is 0 Å². The maximum atomic E-state index is 17.3. The predicted octanol–water partition coefficient (Wildman–Crippen LogP) is 4.30. The highest BCUT2D eigenvalue weighted by atomic mass is 19.1. The van der Waals surface area contributed by atoms with Crippen LogP contribution in [0.25, 0.3) is 0 Å². The first kappa shape index (κ1) is 23.9. The number of hydroxylamine groups is 2. The normalized spacial score (nSPS) is 49.4. The second kappa shape index (κ2) is 7.78. The lowest BCUT2D eigenvalue weighted by Crippen LogP contribution is -2.69. The van der Waals surface area contributed by atoms with Crippen molar-refractivity contribution < 1.29 is 28.3 Å². The summed E-state index contributed by atoms with van der Waals surface area (Å²) >= 11 is 0. The molecule has 1 N–H and O–H groups in total. The lowest BCUT2D eigenvalue weighted by molar-refractivity contribution is -0.266. The van der Waals surface area contributed by atoms with Gasteiger partial charge in [0.1, 0.15) is 0 Å². The van der Waals surface area contributed by atoms with Crippen LogP contribution in [-0.4, -0.2) is 58.9 Å². The van der Waals surface area contributed by atoms with E-state index in [4.69, 9.17) is 4.84 Å². The number of alkyl halides is 2. The van der Waals surface area contributed by atoms with E-state index >= 15 is 4.39 Å². The second-order valence-corrected chi connectivity index (χ2v) is 12.6. The smallest absolute Gasteiger partial charge is 0.198 e. The highest BCUT2D eigenvalue weighted by molar-refractivity contribution is 6.01. The third-order valence-electron chi connectivity index (χ3n) is 11.2. The molecule has 0 aromatic rings. The van der Waals surface area contributed by atoms with Crippen LogP contribution in [0.4, 0.5) is 8.78 Å². The molecule has 8 atom stereocenters. The van der Waals surface area contributed by atoms with Crippen LogP contribution in [0.1, 0.15) is 65.2 Å². The van der Waals surface area contributed by atoms with Gasteiger partial charge in [-0.05, 0) is 69.4 Å². The Morgan fingerprint density at radius 1 is 1.23 bits per heavy atom. The highest BCUT2D eigenvalue weighted by Gasteiger charge is 2.78. The number of aliphatic hydroxyl groups excluding tert-OH is 1. The van der Waals surface area contributed by atoms with E-state index in [1.807, 2.05) is 12.0 Å². The number of allylic oxidation sites excluding steroid dienone is 4. The second-order valence-electron chi connectivity index (χ2n) is 12.6. The van der Waals surface area contributed by atoms with Gasteiger partial charge in [-0.25, -0.2) is 8.78 Å². The number of nitrogens with zero attached hydrogens (tertiary/aromatic N) is 1. The topological polar surface area (TPSA) is 66.8 Å². The average molecular weight is 490 g/mol. The number of fused-ring (bicyclic) bond motifs is 7. The van der Waals surface area contributed by atoms with Gasteiger partial charge in [0.05, 0.1) is 6.10 Å². The van der Waals surface area contributed by atoms with Crippen molar-refractivity contribution in [3.8, 4) is 0 Å². The molecular formula is C28H37F2NO4. The van der Waals surface area contributed by atoms with Gasteiger partial charge >= 0.3 is 0 Å². The molecule has 1 heterocycles. The van der Waals surface area contributed by atoms with Gasteiger partial charge in [-0.1, -0.05) is 31.4 Å². The van der Waals surface area contributed by atoms with Crippen LogP contribution in [-0.2, 0) is 14.4 Å². The summed E-state index contributed by atoms with van der Waals surface area (Å²) in [4.78, 5) is 31.9. The molecule has 0 spiro atoms. The van der Waals surface area contributed by atoms with Crippen LogP contribution in [0.3, 0.4) is 0 Å². The molecule has 35 heavy (non-hydrogen) atoms. The summed E-state index contributed by atoms with van der Waals surface area (Å²) in [7, 11) is 0. The number of rotatable bonds is 4. The number of aliphatic hydroxyl groups is 1. The molecular weight excluding hydrogens is 452 g/mol. The Labute approximate surface area is 205 Å². The predicted molar refractivity (Wildman–Crippen MR) is 126 cm³/mol. The standard InChI is InChI=1S/C28H37F2NO4/c1-25-10-9-20(32)11-18(25)7-8-21-22-12-19-16-31(15-17-5-3-4-6-17)35-28(19,24(34)14-29)26(22,2)13-23(33)27(21,25)30/h9-11,17,19,21-23,33H,3-8,12-16H2,1-2H3/t19-,21-,22-,23-,25-,26-,27-,28-/m0/s1. The summed E-state index contributed by atoms with van der Waals surface area (Å²) in [5.74, 6) is -1.12. The molecule has 0 aromatic carbocycles. The van der Waals surface area contributed by atoms with Crippen LogP contribution in [0.15, 0.2) is 23.8 Å². The van der Waals surface area contributed by atoms with Crippen molar-refractivity contribution >= 4 is 11.6 Å². The van der Waals surface area contributed by atoms with Crippen LogP contribution < -0.4 is 0 Å². The van der Waals surface area contributed by atoms with Gasteiger partial charge < -0.3 is 5.11 Å². The van der Waals surface area contributed by atoms with Crippen molar-refractivity contribution in [3.63, 3.8) is 0 Å². The van der Waals surface area contributed by atoms with Gasteiger partial charge in [0.2, 0.25) is 0 Å². The first-order valence-corrected chi connectivity index (χ1v) is 13.4. The lowest BCUT2D eigenvalue weighted by atomic mass is 9.44. The van der Waals surface area contributed by atoms with E-state index in [9.17, 15) is 19.1 Å². The molecule has 5 fully saturated rings. The monoisotopic (exact) mass is 489 g/mol. The van der Waals surface area contributed by atoms with E-state index in [0.29, 0.717) is 31.7 Å². The number of ketones is 2. The average Bonchev–Trinajstić information content (AvgIpc) is 3.51. The first-order chi connectivity index (χ1) is 16.6. The van der Waals surface area contributed by atoms with Crippen molar-refractivity contribution in [2.24, 2.45) is 34.5 Å². The Balaban J connectivity index is 1.38. The van der Waals surface area contributed by atoms with E-state index in [1.165, 1.54) is 25.0 Å². The number of hydrogen-bond donors (Lipinski definition) is 1. The third-order valence-corrected chi connectivity index (χ3v) is 11.2. The van der Waals surface area contributed by atoms with Gasteiger partial charge in [-0.15, -0.1) is 0 Å². The van der Waals surface area contributed by atoms with Gasteiger partial charge in [-0.3, -0.25) is 14.4 Å². The SMILES string of the molecule is C[C@]12C=CC(=O)C=C1CC[C@H]1[C@@H]3C[C@H]4CN(CC5CCCC5)O[C@@]4(C(=O)CF)[C@@]3(C)C[C@H](O)[C@@]12F. The molecule has 4 saturated carbocycles. The molecule has 6 aliphatic rings. The van der Waals surface area contributed by atoms with Crippen molar-refractivity contribution in [3.05, 3.63) is 23.8 Å². The summed E-state index contributed by atoms with van der Waals surface area (Å²) in [6.45, 7) is 3.89. The van der Waals surface area contributed by atoms with Crippen molar-refractivity contribution in [1.82, 2.24) is 5.06 Å². The zero-order valence-corrected chi connectivity index (χ0v) is 20.8. The third kappa shape index (κ3) is 2.89. The molecule has 0 amide bonds. The minimum atomic E-state index is -1.96. The van der Waals surface area contributed by atoms with Crippen LogP contribution >= 0.6 is 0 Å². The number of halogens is 2. The fourth-order valence-corrected chi connectivity index (χ4v) is 9.52. The number of carbonyl (C=O) groups excluding carboxylic acids is 2. The molecule has 5 nitrogen and oxygen atoms in total. The van der Waals surface area contributed by atoms with Gasteiger partial charge in [0.25, 0.3) is 0 Å². The Morgan fingerprint density at radius 2 is 1.97 bits per heavy atom. The number of Topliss-reactive ketones (excluding diaryl/α,β-unsaturated/α-hetero) is 1. The minimum Gasteiger partial charge on any atom is -0.390 e. The summed E-state index contributed by atoms with van der Waals surface area (Å²) in [6, 6.07) is 0. The Kier molecular flexibility index (Phi) is 5.32. The zero-order valence-electron chi connectivity index (χ0n) is 20.8. The highest BCUT2D eigenvalue weighted by Crippen LogP contribution is 2.72. The van der Waals surface area contributed by atoms with Gasteiger partial charge in [0, 0.05) is 35.8 Å². The maximum Gasteiger partial charge on any atom is 0.198 e. The van der Waals surface area contributed by atoms with Crippen molar-refractivity contribution in [1.29, 1.82) is 0 Å². The number of hydrogen-bond acceptors (Lipinski definition) is 5. The lowest BCUT2D eigenvalue weighted by Gasteiger charge is -2.62. The van der Waals surface area contributed by atoms with Crippen molar-refractivity contribution in [2.75, 3.05) is 19.8 Å². The minimum absolute atomic E-state index is 0.0365. The summed E-state index contributed by atoms with van der Waals surface area (Å²) < 4.78 is 31.5. The fraction of sp³-hybridized carbons (Fsp3) is 0.786. The largest absolute Gasteiger partial charge is 0.390 e. The molecule has 0 aromatic heterocycles. The summed E-state index contributed by atoms with van der Waals surface area (Å²) in [5.41, 5.74) is -4.52. The van der Waals surface area contributed by atoms with E-state index in [-0.39, 0.29) is 24.0 Å². The van der Waals surface area contributed by atoms with Crippen LogP contribution in [0.2, 0.25) is 0 Å². The summed E-state index contributed by atoms with van der Waals surface area (Å²) in [5, 5.41) is 13.4.